The van der Waals surface area contributed by atoms with E-state index >= 15 is 0 Å². The molecule has 0 aliphatic carbocycles. The molecule has 3 aromatic rings. The van der Waals surface area contributed by atoms with Gasteiger partial charge in [0.25, 0.3) is 5.92 Å². The highest BCUT2D eigenvalue weighted by atomic mass is 32.2. The number of nitrogens with zero attached hydrogens (tertiary/aromatic N) is 1. The highest BCUT2D eigenvalue weighted by molar-refractivity contribution is 7.89. The van der Waals surface area contributed by atoms with E-state index in [1.54, 1.807) is 0 Å². The summed E-state index contributed by atoms with van der Waals surface area (Å²) in [4.78, 5) is 10.4. The Labute approximate surface area is 211 Å². The van der Waals surface area contributed by atoms with Gasteiger partial charge in [-0.2, -0.15) is 4.31 Å². The van der Waals surface area contributed by atoms with Gasteiger partial charge >= 0.3 is 5.97 Å². The van der Waals surface area contributed by atoms with Gasteiger partial charge < -0.3 is 9.84 Å². The van der Waals surface area contributed by atoms with Gasteiger partial charge in [-0.1, -0.05) is 30.3 Å². The largest absolute Gasteiger partial charge is 0.481 e. The normalized spacial score (nSPS) is 11.9. The summed E-state index contributed by atoms with van der Waals surface area (Å²) in [6.07, 6.45) is 0.498. The first kappa shape index (κ1) is 27.9. The zero-order valence-corrected chi connectivity index (χ0v) is 20.4. The van der Waals surface area contributed by atoms with Crippen LogP contribution in [0.15, 0.2) is 78.2 Å². The Hall–Kier alpha value is -3.70. The van der Waals surface area contributed by atoms with E-state index < -0.39 is 51.5 Å². The van der Waals surface area contributed by atoms with Gasteiger partial charge in [0.1, 0.15) is 17.4 Å². The van der Waals surface area contributed by atoms with Gasteiger partial charge in [-0.25, -0.2) is 30.8 Å². The zero-order chi connectivity index (χ0) is 27.4. The molecule has 11 heteroatoms. The van der Waals surface area contributed by atoms with Gasteiger partial charge in [-0.3, -0.25) is 0 Å². The lowest BCUT2D eigenvalue weighted by atomic mass is 9.97. The summed E-state index contributed by atoms with van der Waals surface area (Å²) in [5.74, 6) is -6.49. The predicted octanol–water partition coefficient (Wildman–Crippen LogP) is 5.58. The number of rotatable bonds is 11. The van der Waals surface area contributed by atoms with Crippen molar-refractivity contribution < 1.29 is 40.6 Å². The molecule has 0 amide bonds. The number of carboxylic acid groups (broad SMARTS) is 1. The van der Waals surface area contributed by atoms with Crippen LogP contribution in [0.25, 0.3) is 11.1 Å². The zero-order valence-electron chi connectivity index (χ0n) is 19.6. The number of carboxylic acids is 1. The van der Waals surface area contributed by atoms with Gasteiger partial charge in [0, 0.05) is 37.2 Å². The third-order valence-corrected chi connectivity index (χ3v) is 7.12. The van der Waals surface area contributed by atoms with Gasteiger partial charge in [0.05, 0.1) is 4.90 Å². The average molecular weight is 538 g/mol. The molecule has 0 aliphatic rings. The van der Waals surface area contributed by atoms with Crippen molar-refractivity contribution in [3.63, 3.8) is 0 Å². The molecule has 0 atom stereocenters. The number of alkyl halides is 2. The van der Waals surface area contributed by atoms with Crippen LogP contribution in [0.2, 0.25) is 0 Å². The lowest BCUT2D eigenvalue weighted by Crippen LogP contribution is -2.26. The molecule has 1 N–H and O–H groups in total. The summed E-state index contributed by atoms with van der Waals surface area (Å²) in [5, 5.41) is 9.00. The van der Waals surface area contributed by atoms with Crippen molar-refractivity contribution in [3.8, 4) is 16.9 Å². The summed E-state index contributed by atoms with van der Waals surface area (Å²) in [5.41, 5.74) is 0.606. The van der Waals surface area contributed by atoms with Crippen LogP contribution >= 0.6 is 0 Å². The van der Waals surface area contributed by atoms with Crippen molar-refractivity contribution in [1.29, 1.82) is 0 Å². The molecular weight excluding hydrogens is 514 g/mol. The molecule has 0 radical (unpaired) electrons. The number of sulfonamides is 1. The Bertz CT molecular complexity index is 1410. The van der Waals surface area contributed by atoms with Crippen LogP contribution in [0.3, 0.4) is 0 Å². The minimum absolute atomic E-state index is 0.0769. The Kier molecular flexibility index (Phi) is 8.39. The van der Waals surface area contributed by atoms with Crippen molar-refractivity contribution in [2.24, 2.45) is 0 Å². The van der Waals surface area contributed by atoms with Crippen LogP contribution in [0.5, 0.6) is 5.75 Å². The van der Waals surface area contributed by atoms with Crippen molar-refractivity contribution >= 4 is 16.0 Å². The molecule has 3 rings (SSSR count). The summed E-state index contributed by atoms with van der Waals surface area (Å²) in [7, 11) is -3.08. The van der Waals surface area contributed by atoms with E-state index in [1.165, 1.54) is 49.5 Å². The summed E-state index contributed by atoms with van der Waals surface area (Å²) in [6.45, 7) is 2.40. The van der Waals surface area contributed by atoms with Crippen LogP contribution in [-0.2, 0) is 27.3 Å². The highest BCUT2D eigenvalue weighted by Crippen LogP contribution is 2.37. The summed E-state index contributed by atoms with van der Waals surface area (Å²) < 4.78 is 88.1. The first-order valence-corrected chi connectivity index (χ1v) is 12.3. The molecule has 0 saturated heterocycles. The topological polar surface area (TPSA) is 83.9 Å². The minimum Gasteiger partial charge on any atom is -0.481 e. The lowest BCUT2D eigenvalue weighted by molar-refractivity contribution is -0.139. The SMILES string of the molecule is C=CCC(F)(F)c1cccc(-c2cc(CN(C)S(=O)(=O)c3cc(F)cc(F)c3)ccc2OCC(=O)O)c1. The number of benzene rings is 3. The fourth-order valence-electron chi connectivity index (χ4n) is 3.58. The van der Waals surface area contributed by atoms with Gasteiger partial charge in [0.2, 0.25) is 10.0 Å². The van der Waals surface area contributed by atoms with Gasteiger partial charge in [-0.15, -0.1) is 6.58 Å². The molecule has 0 unspecified atom stereocenters. The molecule has 0 fully saturated rings. The van der Waals surface area contributed by atoms with Crippen molar-refractivity contribution in [3.05, 3.63) is 96.1 Å². The molecule has 196 valence electrons. The fraction of sp³-hybridized carbons (Fsp3) is 0.192. The highest BCUT2D eigenvalue weighted by Gasteiger charge is 2.30. The van der Waals surface area contributed by atoms with E-state index in [0.717, 1.165) is 10.4 Å². The predicted molar refractivity (Wildman–Crippen MR) is 129 cm³/mol. The molecular formula is C26H23F4NO5S. The Morgan fingerprint density at radius 3 is 2.38 bits per heavy atom. The third kappa shape index (κ3) is 6.75. The lowest BCUT2D eigenvalue weighted by Gasteiger charge is -2.20. The van der Waals surface area contributed by atoms with Gasteiger partial charge in [-0.05, 0) is 41.5 Å². The fourth-order valence-corrected chi connectivity index (χ4v) is 4.78. The Morgan fingerprint density at radius 1 is 1.08 bits per heavy atom. The minimum atomic E-state index is -4.29. The van der Waals surface area contributed by atoms with Crippen LogP contribution in [0, 0.1) is 11.6 Å². The second kappa shape index (κ2) is 11.1. The molecule has 0 bridgehead atoms. The van der Waals surface area contributed by atoms with E-state index in [9.17, 15) is 30.8 Å². The van der Waals surface area contributed by atoms with E-state index in [0.29, 0.717) is 23.8 Å². The van der Waals surface area contributed by atoms with Crippen LogP contribution in [0.1, 0.15) is 17.5 Å². The first-order chi connectivity index (χ1) is 17.3. The first-order valence-electron chi connectivity index (χ1n) is 10.8. The molecule has 37 heavy (non-hydrogen) atoms. The second-order valence-electron chi connectivity index (χ2n) is 8.16. The van der Waals surface area contributed by atoms with Crippen LogP contribution in [0.4, 0.5) is 17.6 Å². The monoisotopic (exact) mass is 537 g/mol. The molecule has 0 saturated carbocycles. The van der Waals surface area contributed by atoms with Crippen molar-refractivity contribution in [1.82, 2.24) is 4.31 Å². The van der Waals surface area contributed by atoms with Crippen LogP contribution < -0.4 is 4.74 Å². The van der Waals surface area contributed by atoms with Crippen molar-refractivity contribution in [2.45, 2.75) is 23.8 Å². The number of aliphatic carboxylic acids is 1. The number of hydrogen-bond acceptors (Lipinski definition) is 4. The number of ether oxygens (including phenoxy) is 1. The van der Waals surface area contributed by atoms with E-state index in [4.69, 9.17) is 9.84 Å². The standard InChI is InChI=1S/C26H23F4NO5S/c1-3-9-26(29,30)19-6-4-5-18(11-19)23-10-17(7-8-24(23)36-16-25(32)33)15-31(2)37(34,35)22-13-20(27)12-21(28)14-22/h3-8,10-14H,1,9,15-16H2,2H3,(H,32,33). The molecule has 0 aromatic heterocycles. The molecule has 0 spiro atoms. The maximum atomic E-state index is 14.5. The third-order valence-electron chi connectivity index (χ3n) is 5.34. The number of allylic oxidation sites excluding steroid dienone is 1. The summed E-state index contributed by atoms with van der Waals surface area (Å²) in [6, 6.07) is 11.7. The molecule has 6 nitrogen and oxygen atoms in total. The number of halogens is 4. The number of carbonyl (C=O) groups is 1. The van der Waals surface area contributed by atoms with E-state index in [1.807, 2.05) is 0 Å². The Balaban J connectivity index is 2.01. The van der Waals surface area contributed by atoms with Crippen LogP contribution in [-0.4, -0.2) is 37.5 Å². The quantitative estimate of drug-likeness (QED) is 0.255. The maximum absolute atomic E-state index is 14.5. The van der Waals surface area contributed by atoms with E-state index in [-0.39, 0.29) is 29.0 Å². The van der Waals surface area contributed by atoms with Gasteiger partial charge in [0.15, 0.2) is 6.61 Å². The average Bonchev–Trinajstić information content (AvgIpc) is 2.82. The second-order valence-corrected chi connectivity index (χ2v) is 10.2. The summed E-state index contributed by atoms with van der Waals surface area (Å²) >= 11 is 0. The molecule has 0 aliphatic heterocycles. The Morgan fingerprint density at radius 2 is 1.76 bits per heavy atom. The molecule has 3 aromatic carbocycles. The smallest absolute Gasteiger partial charge is 0.341 e. The maximum Gasteiger partial charge on any atom is 0.341 e. The van der Waals surface area contributed by atoms with E-state index in [2.05, 4.69) is 6.58 Å². The molecule has 0 heterocycles. The van der Waals surface area contributed by atoms with Crippen molar-refractivity contribution in [2.75, 3.05) is 13.7 Å². The number of hydrogen-bond donors (Lipinski definition) is 1.